The third-order valence-electron chi connectivity index (χ3n) is 3.62. The highest BCUT2D eigenvalue weighted by Crippen LogP contribution is 2.22. The first-order valence-electron chi connectivity index (χ1n) is 7.99. The Balaban J connectivity index is 1.92. The lowest BCUT2D eigenvalue weighted by atomic mass is 10.1. The zero-order valence-corrected chi connectivity index (χ0v) is 14.5. The molecule has 0 radical (unpaired) electrons. The van der Waals surface area contributed by atoms with Crippen LogP contribution in [0.1, 0.15) is 47.1 Å². The summed E-state index contributed by atoms with van der Waals surface area (Å²) in [6, 6.07) is 1.94. The van der Waals surface area contributed by atoms with Crippen molar-refractivity contribution in [3.8, 4) is 0 Å². The van der Waals surface area contributed by atoms with Crippen LogP contribution in [0.3, 0.4) is 0 Å². The number of nitrogens with one attached hydrogen (secondary N) is 1. The van der Waals surface area contributed by atoms with Crippen LogP contribution in [0, 0.1) is 5.92 Å². The molecule has 2 amide bonds. The third-order valence-corrected chi connectivity index (χ3v) is 3.62. The predicted octanol–water partition coefficient (Wildman–Crippen LogP) is 2.66. The van der Waals surface area contributed by atoms with Crippen molar-refractivity contribution in [2.45, 2.75) is 52.7 Å². The van der Waals surface area contributed by atoms with E-state index in [-0.39, 0.29) is 24.0 Å². The average Bonchev–Trinajstić information content (AvgIpc) is 3.04. The Labute approximate surface area is 137 Å². The van der Waals surface area contributed by atoms with Crippen LogP contribution in [0.4, 0.5) is 10.6 Å². The molecule has 7 nitrogen and oxygen atoms in total. The van der Waals surface area contributed by atoms with Gasteiger partial charge in [-0.05, 0) is 41.0 Å². The van der Waals surface area contributed by atoms with Crippen LogP contribution in [0.5, 0.6) is 0 Å². The average molecular weight is 322 g/mol. The van der Waals surface area contributed by atoms with E-state index >= 15 is 0 Å². The van der Waals surface area contributed by atoms with Gasteiger partial charge in [-0.25, -0.2) is 9.48 Å². The van der Waals surface area contributed by atoms with Gasteiger partial charge in [-0.3, -0.25) is 4.79 Å². The van der Waals surface area contributed by atoms with Crippen molar-refractivity contribution < 1.29 is 14.3 Å². The standard InChI is InChI=1S/C16H26N4O3/c1-11(2)20-13(6-8-17-20)18-14(21)12-7-9-19(10-12)15(22)23-16(3,4)5/h6,8,11-12H,7,9-10H2,1-5H3,(H,18,21). The summed E-state index contributed by atoms with van der Waals surface area (Å²) in [6.07, 6.45) is 1.94. The Morgan fingerprint density at radius 3 is 2.70 bits per heavy atom. The van der Waals surface area contributed by atoms with Gasteiger partial charge in [0.2, 0.25) is 5.91 Å². The van der Waals surface area contributed by atoms with E-state index in [0.29, 0.717) is 25.3 Å². The van der Waals surface area contributed by atoms with E-state index in [4.69, 9.17) is 4.74 Å². The molecule has 1 saturated heterocycles. The highest BCUT2D eigenvalue weighted by atomic mass is 16.6. The summed E-state index contributed by atoms with van der Waals surface area (Å²) >= 11 is 0. The molecule has 7 heteroatoms. The zero-order chi connectivity index (χ0) is 17.2. The van der Waals surface area contributed by atoms with Crippen molar-refractivity contribution in [2.75, 3.05) is 18.4 Å². The number of hydrogen-bond donors (Lipinski definition) is 1. The van der Waals surface area contributed by atoms with Crippen molar-refractivity contribution in [3.63, 3.8) is 0 Å². The van der Waals surface area contributed by atoms with E-state index in [0.717, 1.165) is 0 Å². The molecule has 1 fully saturated rings. The van der Waals surface area contributed by atoms with Gasteiger partial charge in [0.05, 0.1) is 12.1 Å². The van der Waals surface area contributed by atoms with Crippen molar-refractivity contribution in [1.29, 1.82) is 0 Å². The van der Waals surface area contributed by atoms with Crippen LogP contribution >= 0.6 is 0 Å². The molecule has 0 spiro atoms. The Hall–Kier alpha value is -2.05. The second-order valence-electron chi connectivity index (χ2n) is 7.16. The van der Waals surface area contributed by atoms with E-state index in [2.05, 4.69) is 10.4 Å². The summed E-state index contributed by atoms with van der Waals surface area (Å²) in [5.74, 6) is 0.372. The molecule has 1 aromatic heterocycles. The maximum atomic E-state index is 12.4. The molecule has 1 N–H and O–H groups in total. The smallest absolute Gasteiger partial charge is 0.410 e. The van der Waals surface area contributed by atoms with Crippen molar-refractivity contribution >= 4 is 17.8 Å². The monoisotopic (exact) mass is 322 g/mol. The van der Waals surface area contributed by atoms with Gasteiger partial charge < -0.3 is 15.0 Å². The molecule has 0 aliphatic carbocycles. The molecule has 2 rings (SSSR count). The first kappa shape index (κ1) is 17.3. The molecule has 0 bridgehead atoms. The van der Waals surface area contributed by atoms with Crippen LogP contribution in [0.25, 0.3) is 0 Å². The molecule has 1 unspecified atom stereocenters. The van der Waals surface area contributed by atoms with Crippen molar-refractivity contribution in [1.82, 2.24) is 14.7 Å². The van der Waals surface area contributed by atoms with Crippen molar-refractivity contribution in [2.24, 2.45) is 5.92 Å². The van der Waals surface area contributed by atoms with Crippen LogP contribution < -0.4 is 5.32 Å². The number of ether oxygens (including phenoxy) is 1. The van der Waals surface area contributed by atoms with Crippen LogP contribution in [-0.2, 0) is 9.53 Å². The minimum absolute atomic E-state index is 0.0848. The van der Waals surface area contributed by atoms with E-state index in [1.165, 1.54) is 0 Å². The molecule has 23 heavy (non-hydrogen) atoms. The summed E-state index contributed by atoms with van der Waals surface area (Å²) in [7, 11) is 0. The Bertz CT molecular complexity index is 574. The molecule has 1 aliphatic rings. The maximum Gasteiger partial charge on any atom is 0.410 e. The molecular formula is C16H26N4O3. The number of nitrogens with zero attached hydrogens (tertiary/aromatic N) is 3. The highest BCUT2D eigenvalue weighted by molar-refractivity contribution is 5.92. The number of aromatic nitrogens is 2. The SMILES string of the molecule is CC(C)n1nccc1NC(=O)C1CCN(C(=O)OC(C)(C)C)C1. The Morgan fingerprint density at radius 1 is 1.39 bits per heavy atom. The van der Waals surface area contributed by atoms with Gasteiger partial charge in [0.15, 0.2) is 0 Å². The number of amides is 2. The quantitative estimate of drug-likeness (QED) is 0.928. The zero-order valence-electron chi connectivity index (χ0n) is 14.5. The number of carbonyl (C=O) groups excluding carboxylic acids is 2. The Kier molecular flexibility index (Phi) is 4.97. The molecule has 0 aromatic carbocycles. The number of rotatable bonds is 3. The normalized spacial score (nSPS) is 18.3. The van der Waals surface area contributed by atoms with Crippen LogP contribution in [-0.4, -0.2) is 45.4 Å². The van der Waals surface area contributed by atoms with Gasteiger partial charge in [0.1, 0.15) is 11.4 Å². The summed E-state index contributed by atoms with van der Waals surface area (Å²) in [4.78, 5) is 26.0. The number of likely N-dealkylation sites (tertiary alicyclic amines) is 1. The van der Waals surface area contributed by atoms with Crippen molar-refractivity contribution in [3.05, 3.63) is 12.3 Å². The fourth-order valence-corrected chi connectivity index (χ4v) is 2.52. The topological polar surface area (TPSA) is 76.5 Å². The van der Waals surface area contributed by atoms with Gasteiger partial charge in [-0.1, -0.05) is 0 Å². The lowest BCUT2D eigenvalue weighted by Gasteiger charge is -2.24. The predicted molar refractivity (Wildman–Crippen MR) is 87.2 cm³/mol. The van der Waals surface area contributed by atoms with Gasteiger partial charge in [0.25, 0.3) is 0 Å². The summed E-state index contributed by atoms with van der Waals surface area (Å²) in [6.45, 7) is 10.4. The summed E-state index contributed by atoms with van der Waals surface area (Å²) < 4.78 is 7.11. The minimum atomic E-state index is -0.527. The molecule has 1 aromatic rings. The minimum Gasteiger partial charge on any atom is -0.444 e. The fourth-order valence-electron chi connectivity index (χ4n) is 2.52. The largest absolute Gasteiger partial charge is 0.444 e. The number of carbonyl (C=O) groups is 2. The summed E-state index contributed by atoms with van der Waals surface area (Å²) in [5, 5.41) is 7.10. The van der Waals surface area contributed by atoms with E-state index in [1.54, 1.807) is 21.8 Å². The molecule has 2 heterocycles. The van der Waals surface area contributed by atoms with E-state index in [9.17, 15) is 9.59 Å². The van der Waals surface area contributed by atoms with E-state index < -0.39 is 5.60 Å². The van der Waals surface area contributed by atoms with Gasteiger partial charge >= 0.3 is 6.09 Å². The highest BCUT2D eigenvalue weighted by Gasteiger charge is 2.33. The number of anilines is 1. The van der Waals surface area contributed by atoms with Gasteiger partial charge in [-0.15, -0.1) is 0 Å². The van der Waals surface area contributed by atoms with Gasteiger partial charge in [0, 0.05) is 25.2 Å². The number of hydrogen-bond acceptors (Lipinski definition) is 4. The molecule has 1 atom stereocenters. The third kappa shape index (κ3) is 4.46. The molecule has 1 aliphatic heterocycles. The fraction of sp³-hybridized carbons (Fsp3) is 0.688. The summed E-state index contributed by atoms with van der Waals surface area (Å²) in [5.41, 5.74) is -0.527. The molecule has 0 saturated carbocycles. The first-order valence-corrected chi connectivity index (χ1v) is 7.99. The maximum absolute atomic E-state index is 12.4. The second-order valence-corrected chi connectivity index (χ2v) is 7.16. The molecular weight excluding hydrogens is 296 g/mol. The second kappa shape index (κ2) is 6.60. The Morgan fingerprint density at radius 2 is 2.09 bits per heavy atom. The van der Waals surface area contributed by atoms with E-state index in [1.807, 2.05) is 34.6 Å². The van der Waals surface area contributed by atoms with Crippen LogP contribution in [0.15, 0.2) is 12.3 Å². The lowest BCUT2D eigenvalue weighted by molar-refractivity contribution is -0.119. The molecule has 128 valence electrons. The van der Waals surface area contributed by atoms with Gasteiger partial charge in [-0.2, -0.15) is 5.10 Å². The first-order chi connectivity index (χ1) is 10.7. The lowest BCUT2D eigenvalue weighted by Crippen LogP contribution is -2.36. The van der Waals surface area contributed by atoms with Crippen LogP contribution in [0.2, 0.25) is 0 Å².